The van der Waals surface area contributed by atoms with Gasteiger partial charge >= 0.3 is 0 Å². The molecule has 238 valence electrons. The summed E-state index contributed by atoms with van der Waals surface area (Å²) in [6.45, 7) is 3.68. The monoisotopic (exact) mass is 645 g/mol. The number of carbonyl (C=O) groups is 2. The molecule has 3 rings (SSSR count). The molecule has 0 fully saturated rings. The molecule has 12 heteroatoms. The summed E-state index contributed by atoms with van der Waals surface area (Å²) in [5, 5.41) is 3.12. The predicted molar refractivity (Wildman–Crippen MR) is 171 cm³/mol. The maximum atomic E-state index is 14.3. The van der Waals surface area contributed by atoms with Crippen LogP contribution in [0.2, 0.25) is 5.02 Å². The number of rotatable bonds is 16. The van der Waals surface area contributed by atoms with Crippen LogP contribution in [0, 0.1) is 0 Å². The van der Waals surface area contributed by atoms with Crippen molar-refractivity contribution in [2.24, 2.45) is 0 Å². The molecule has 0 aliphatic rings. The number of carbonyl (C=O) groups excluding carboxylic acids is 2. The zero-order valence-electron chi connectivity index (χ0n) is 25.7. The molecule has 1 N–H and O–H groups in total. The Morgan fingerprint density at radius 2 is 1.57 bits per heavy atom. The van der Waals surface area contributed by atoms with E-state index in [0.717, 1.165) is 22.7 Å². The number of amides is 2. The second kappa shape index (κ2) is 16.2. The van der Waals surface area contributed by atoms with Crippen LogP contribution >= 0.6 is 11.6 Å². The summed E-state index contributed by atoms with van der Waals surface area (Å²) in [4.78, 5) is 28.5. The molecular formula is C32H40ClN3O7S. The van der Waals surface area contributed by atoms with E-state index in [1.807, 2.05) is 37.3 Å². The Morgan fingerprint density at radius 1 is 0.909 bits per heavy atom. The lowest BCUT2D eigenvalue weighted by atomic mass is 10.1. The van der Waals surface area contributed by atoms with E-state index in [9.17, 15) is 18.0 Å². The Kier molecular flexibility index (Phi) is 12.7. The minimum Gasteiger partial charge on any atom is -0.495 e. The van der Waals surface area contributed by atoms with Crippen molar-refractivity contribution in [2.45, 2.75) is 44.0 Å². The van der Waals surface area contributed by atoms with Gasteiger partial charge in [-0.3, -0.25) is 13.9 Å². The minimum atomic E-state index is -4.41. The zero-order chi connectivity index (χ0) is 32.3. The molecule has 10 nitrogen and oxygen atoms in total. The molecule has 1 atom stereocenters. The average Bonchev–Trinajstić information content (AvgIpc) is 3.03. The van der Waals surface area contributed by atoms with E-state index in [2.05, 4.69) is 5.32 Å². The summed E-state index contributed by atoms with van der Waals surface area (Å²) in [5.41, 5.74) is 1.03. The van der Waals surface area contributed by atoms with Gasteiger partial charge in [0.25, 0.3) is 10.0 Å². The van der Waals surface area contributed by atoms with Gasteiger partial charge in [0.2, 0.25) is 11.8 Å². The number of anilines is 1. The first-order chi connectivity index (χ1) is 21.1. The normalized spacial score (nSPS) is 11.8. The standard InChI is InChI=1S/C32H40ClN3O7S/c1-6-7-18-34-32(38)23(2)35(19-17-24-11-9-8-10-12-24)31(37)22-36(27-20-25(33)13-15-28(27)41-3)44(39,40)26-14-16-29(42-4)30(21-26)43-5/h8-16,20-21,23H,6-7,17-19,22H2,1-5H3,(H,34,38). The Balaban J connectivity index is 2.07. The van der Waals surface area contributed by atoms with Gasteiger partial charge in [-0.15, -0.1) is 0 Å². The van der Waals surface area contributed by atoms with Crippen LogP contribution in [0.3, 0.4) is 0 Å². The van der Waals surface area contributed by atoms with Crippen LogP contribution in [-0.4, -0.2) is 72.1 Å². The number of nitrogens with one attached hydrogen (secondary N) is 1. The van der Waals surface area contributed by atoms with Crippen LogP contribution in [0.25, 0.3) is 0 Å². The molecule has 0 bridgehead atoms. The van der Waals surface area contributed by atoms with Gasteiger partial charge in [0, 0.05) is 24.2 Å². The Morgan fingerprint density at radius 3 is 2.20 bits per heavy atom. The lowest BCUT2D eigenvalue weighted by Gasteiger charge is -2.32. The fraction of sp³-hybridized carbons (Fsp3) is 0.375. The molecule has 0 aromatic heterocycles. The Bertz CT molecular complexity index is 1520. The number of benzene rings is 3. The van der Waals surface area contributed by atoms with Crippen molar-refractivity contribution in [3.05, 3.63) is 77.3 Å². The lowest BCUT2D eigenvalue weighted by Crippen LogP contribution is -2.52. The van der Waals surface area contributed by atoms with E-state index in [0.29, 0.717) is 18.7 Å². The van der Waals surface area contributed by atoms with Crippen LogP contribution in [0.1, 0.15) is 32.3 Å². The van der Waals surface area contributed by atoms with Crippen molar-refractivity contribution in [1.82, 2.24) is 10.2 Å². The van der Waals surface area contributed by atoms with Gasteiger partial charge in [-0.1, -0.05) is 55.3 Å². The summed E-state index contributed by atoms with van der Waals surface area (Å²) < 4.78 is 45.6. The fourth-order valence-corrected chi connectivity index (χ4v) is 6.18. The fourth-order valence-electron chi connectivity index (χ4n) is 4.58. The number of halogens is 1. The van der Waals surface area contributed by atoms with Crippen LogP contribution in [0.5, 0.6) is 17.2 Å². The predicted octanol–water partition coefficient (Wildman–Crippen LogP) is 4.94. The molecule has 0 aliphatic heterocycles. The highest BCUT2D eigenvalue weighted by atomic mass is 35.5. The topological polar surface area (TPSA) is 114 Å². The second-order valence-corrected chi connectivity index (χ2v) is 12.3. The Hall–Kier alpha value is -3.96. The molecule has 0 heterocycles. The Labute approximate surface area is 264 Å². The smallest absolute Gasteiger partial charge is 0.265 e. The molecule has 0 saturated carbocycles. The molecule has 0 spiro atoms. The number of sulfonamides is 1. The number of methoxy groups -OCH3 is 3. The van der Waals surface area contributed by atoms with E-state index >= 15 is 0 Å². The minimum absolute atomic E-state index is 0.0613. The molecule has 0 saturated heterocycles. The van der Waals surface area contributed by atoms with Crippen LogP contribution in [-0.2, 0) is 26.0 Å². The first kappa shape index (κ1) is 34.5. The second-order valence-electron chi connectivity index (χ2n) is 9.99. The lowest BCUT2D eigenvalue weighted by molar-refractivity contribution is -0.138. The summed E-state index contributed by atoms with van der Waals surface area (Å²) in [7, 11) is -0.178. The molecular weight excluding hydrogens is 606 g/mol. The molecule has 3 aromatic rings. The zero-order valence-corrected chi connectivity index (χ0v) is 27.3. The summed E-state index contributed by atoms with van der Waals surface area (Å²) >= 11 is 6.31. The molecule has 3 aromatic carbocycles. The van der Waals surface area contributed by atoms with E-state index < -0.39 is 28.5 Å². The van der Waals surface area contributed by atoms with Gasteiger partial charge in [-0.25, -0.2) is 8.42 Å². The highest BCUT2D eigenvalue weighted by Crippen LogP contribution is 2.37. The highest BCUT2D eigenvalue weighted by molar-refractivity contribution is 7.92. The number of hydrogen-bond acceptors (Lipinski definition) is 7. The molecule has 0 radical (unpaired) electrons. The highest BCUT2D eigenvalue weighted by Gasteiger charge is 2.34. The number of nitrogens with zero attached hydrogens (tertiary/aromatic N) is 2. The van der Waals surface area contributed by atoms with Crippen LogP contribution in [0.4, 0.5) is 5.69 Å². The van der Waals surface area contributed by atoms with Crippen LogP contribution in [0.15, 0.2) is 71.6 Å². The van der Waals surface area contributed by atoms with Crippen molar-refractivity contribution < 1.29 is 32.2 Å². The van der Waals surface area contributed by atoms with Crippen molar-refractivity contribution in [3.8, 4) is 17.2 Å². The maximum Gasteiger partial charge on any atom is 0.265 e. The number of unbranched alkanes of at least 4 members (excludes halogenated alkanes) is 1. The van der Waals surface area contributed by atoms with E-state index in [1.54, 1.807) is 13.0 Å². The third kappa shape index (κ3) is 8.57. The van der Waals surface area contributed by atoms with Gasteiger partial charge in [0.1, 0.15) is 18.3 Å². The van der Waals surface area contributed by atoms with Crippen molar-refractivity contribution in [2.75, 3.05) is 45.3 Å². The summed E-state index contributed by atoms with van der Waals surface area (Å²) in [6.07, 6.45) is 2.15. The number of hydrogen-bond donors (Lipinski definition) is 1. The van der Waals surface area contributed by atoms with Gasteiger partial charge < -0.3 is 24.4 Å². The number of ether oxygens (including phenoxy) is 3. The third-order valence-corrected chi connectivity index (χ3v) is 9.10. The van der Waals surface area contributed by atoms with Crippen molar-refractivity contribution in [1.29, 1.82) is 0 Å². The van der Waals surface area contributed by atoms with Gasteiger partial charge in [0.15, 0.2) is 11.5 Å². The molecule has 44 heavy (non-hydrogen) atoms. The van der Waals surface area contributed by atoms with Gasteiger partial charge in [-0.05, 0) is 55.7 Å². The first-order valence-electron chi connectivity index (χ1n) is 14.3. The van der Waals surface area contributed by atoms with Crippen molar-refractivity contribution in [3.63, 3.8) is 0 Å². The van der Waals surface area contributed by atoms with Crippen LogP contribution < -0.4 is 23.8 Å². The van der Waals surface area contributed by atoms with E-state index in [-0.39, 0.29) is 39.6 Å². The van der Waals surface area contributed by atoms with E-state index in [1.165, 1.54) is 56.6 Å². The quantitative estimate of drug-likeness (QED) is 0.220. The molecule has 2 amide bonds. The summed E-state index contributed by atoms with van der Waals surface area (Å²) in [5.74, 6) is -0.184. The largest absolute Gasteiger partial charge is 0.495 e. The SMILES string of the molecule is CCCCNC(=O)C(C)N(CCc1ccccc1)C(=O)CN(c1cc(Cl)ccc1OC)S(=O)(=O)c1ccc(OC)c(OC)c1. The van der Waals surface area contributed by atoms with Gasteiger partial charge in [-0.2, -0.15) is 0 Å². The molecule has 0 aliphatic carbocycles. The van der Waals surface area contributed by atoms with Gasteiger partial charge in [0.05, 0.1) is 31.9 Å². The van der Waals surface area contributed by atoms with Crippen molar-refractivity contribution >= 4 is 39.1 Å². The third-order valence-electron chi connectivity index (χ3n) is 7.11. The average molecular weight is 646 g/mol. The summed E-state index contributed by atoms with van der Waals surface area (Å²) in [6, 6.07) is 17.3. The first-order valence-corrected chi connectivity index (χ1v) is 16.1. The van der Waals surface area contributed by atoms with E-state index in [4.69, 9.17) is 25.8 Å². The molecule has 1 unspecified atom stereocenters. The maximum absolute atomic E-state index is 14.3.